The van der Waals surface area contributed by atoms with Gasteiger partial charge < -0.3 is 15.1 Å². The molecule has 0 bridgehead atoms. The lowest BCUT2D eigenvalue weighted by molar-refractivity contribution is 0.202. The molecule has 2 aromatic rings. The standard InChI is InChI=1S/C27H47N7O3S/c1-8-33(9-2)18-13-19-38(36,37)31-24(17-16-23-14-11-10-12-15-23)26-29-25(34(30-26)22(5)6)20-32(7)27(35)28-21(3)4/h10-12,14-15,21-22,24,31H,8-9,13,16-20H2,1-7H3,(H,28,35)/t24-/m1/s1. The van der Waals surface area contributed by atoms with Gasteiger partial charge in [-0.2, -0.15) is 5.10 Å². The van der Waals surface area contributed by atoms with Gasteiger partial charge in [0.15, 0.2) is 5.82 Å². The van der Waals surface area contributed by atoms with E-state index in [2.05, 4.69) is 28.8 Å². The molecule has 0 aliphatic rings. The zero-order chi connectivity index (χ0) is 28.3. The van der Waals surface area contributed by atoms with Gasteiger partial charge in [0.05, 0.1) is 18.3 Å². The quantitative estimate of drug-likeness (QED) is 0.330. The van der Waals surface area contributed by atoms with E-state index in [1.165, 1.54) is 0 Å². The predicted molar refractivity (Wildman–Crippen MR) is 152 cm³/mol. The van der Waals surface area contributed by atoms with Crippen LogP contribution in [-0.4, -0.2) is 77.5 Å². The van der Waals surface area contributed by atoms with Crippen LogP contribution in [0.3, 0.4) is 0 Å². The molecular formula is C27H47N7O3S. The van der Waals surface area contributed by atoms with E-state index in [1.807, 2.05) is 58.0 Å². The first-order valence-electron chi connectivity index (χ1n) is 13.7. The Kier molecular flexibility index (Phi) is 12.7. The van der Waals surface area contributed by atoms with Crippen LogP contribution in [0, 0.1) is 0 Å². The van der Waals surface area contributed by atoms with Gasteiger partial charge in [0, 0.05) is 19.1 Å². The summed E-state index contributed by atoms with van der Waals surface area (Å²) in [5, 5.41) is 7.61. The molecule has 0 aliphatic carbocycles. The highest BCUT2D eigenvalue weighted by Gasteiger charge is 2.26. The summed E-state index contributed by atoms with van der Waals surface area (Å²) in [6.07, 6.45) is 1.75. The van der Waals surface area contributed by atoms with E-state index in [-0.39, 0.29) is 30.4 Å². The number of amides is 2. The van der Waals surface area contributed by atoms with Crippen LogP contribution in [0.15, 0.2) is 30.3 Å². The Hall–Kier alpha value is -2.50. The maximum absolute atomic E-state index is 13.1. The molecular weight excluding hydrogens is 502 g/mol. The number of aromatic nitrogens is 3. The SMILES string of the molecule is CCN(CC)CCCS(=O)(=O)N[C@H](CCc1ccccc1)c1nc(CN(C)C(=O)NC(C)C)n(C(C)C)n1. The summed E-state index contributed by atoms with van der Waals surface area (Å²) in [4.78, 5) is 21.0. The van der Waals surface area contributed by atoms with Gasteiger partial charge in [0.25, 0.3) is 0 Å². The topological polar surface area (TPSA) is 112 Å². The third-order valence-electron chi connectivity index (χ3n) is 6.32. The first-order valence-corrected chi connectivity index (χ1v) is 15.3. The smallest absolute Gasteiger partial charge is 0.317 e. The summed E-state index contributed by atoms with van der Waals surface area (Å²) in [7, 11) is -1.85. The van der Waals surface area contributed by atoms with Crippen LogP contribution in [0.4, 0.5) is 4.79 Å². The maximum Gasteiger partial charge on any atom is 0.317 e. The molecule has 0 saturated heterocycles. The van der Waals surface area contributed by atoms with Crippen LogP contribution in [0.25, 0.3) is 0 Å². The van der Waals surface area contributed by atoms with Crippen molar-refractivity contribution in [3.8, 4) is 0 Å². The van der Waals surface area contributed by atoms with Gasteiger partial charge in [0.1, 0.15) is 5.82 Å². The zero-order valence-electron chi connectivity index (χ0n) is 24.1. The van der Waals surface area contributed by atoms with Gasteiger partial charge in [-0.25, -0.2) is 27.6 Å². The maximum atomic E-state index is 13.1. The molecule has 0 spiro atoms. The fraction of sp³-hybridized carbons (Fsp3) is 0.667. The predicted octanol–water partition coefficient (Wildman–Crippen LogP) is 3.73. The first-order chi connectivity index (χ1) is 18.0. The van der Waals surface area contributed by atoms with Gasteiger partial charge in [-0.15, -0.1) is 0 Å². The molecule has 1 atom stereocenters. The number of sulfonamides is 1. The Bertz CT molecular complexity index is 1080. The lowest BCUT2D eigenvalue weighted by Gasteiger charge is -2.20. The Morgan fingerprint density at radius 1 is 1.08 bits per heavy atom. The third-order valence-corrected chi connectivity index (χ3v) is 7.79. The van der Waals surface area contributed by atoms with Crippen molar-refractivity contribution >= 4 is 16.1 Å². The van der Waals surface area contributed by atoms with E-state index in [0.29, 0.717) is 30.9 Å². The summed E-state index contributed by atoms with van der Waals surface area (Å²) in [5.74, 6) is 1.08. The van der Waals surface area contributed by atoms with Gasteiger partial charge in [-0.05, 0) is 72.2 Å². The van der Waals surface area contributed by atoms with Crippen LogP contribution in [0.1, 0.15) is 83.7 Å². The molecule has 1 aromatic carbocycles. The number of nitrogens with zero attached hydrogens (tertiary/aromatic N) is 5. The minimum absolute atomic E-state index is 0.00624. The average molecular weight is 550 g/mol. The van der Waals surface area contributed by atoms with E-state index in [0.717, 1.165) is 25.2 Å². The van der Waals surface area contributed by atoms with Gasteiger partial charge >= 0.3 is 6.03 Å². The molecule has 1 aromatic heterocycles. The van der Waals surface area contributed by atoms with E-state index in [1.54, 1.807) is 16.6 Å². The minimum atomic E-state index is -3.56. The summed E-state index contributed by atoms with van der Waals surface area (Å²) < 4.78 is 30.9. The largest absolute Gasteiger partial charge is 0.336 e. The van der Waals surface area contributed by atoms with Gasteiger partial charge in [0.2, 0.25) is 10.0 Å². The number of carbonyl (C=O) groups excluding carboxylic acids is 1. The van der Waals surface area contributed by atoms with Crippen molar-refractivity contribution in [3.05, 3.63) is 47.5 Å². The number of hydrogen-bond acceptors (Lipinski definition) is 6. The number of carbonyl (C=O) groups is 1. The summed E-state index contributed by atoms with van der Waals surface area (Å²) >= 11 is 0. The molecule has 0 radical (unpaired) electrons. The minimum Gasteiger partial charge on any atom is -0.336 e. The normalized spacial score (nSPS) is 12.9. The average Bonchev–Trinajstić information content (AvgIpc) is 3.28. The Morgan fingerprint density at radius 2 is 1.74 bits per heavy atom. The molecule has 2 amide bonds. The zero-order valence-corrected chi connectivity index (χ0v) is 25.0. The van der Waals surface area contributed by atoms with Crippen molar-refractivity contribution in [2.75, 3.05) is 32.4 Å². The second kappa shape index (κ2) is 15.2. The van der Waals surface area contributed by atoms with Crippen molar-refractivity contribution in [1.82, 2.24) is 34.6 Å². The molecule has 1 heterocycles. The van der Waals surface area contributed by atoms with E-state index in [4.69, 9.17) is 10.1 Å². The Balaban J connectivity index is 2.28. The molecule has 10 nitrogen and oxygen atoms in total. The molecule has 0 fully saturated rings. The van der Waals surface area contributed by atoms with Crippen molar-refractivity contribution in [2.24, 2.45) is 0 Å². The molecule has 11 heteroatoms. The highest BCUT2D eigenvalue weighted by Crippen LogP contribution is 2.21. The first kappa shape index (κ1) is 31.7. The highest BCUT2D eigenvalue weighted by molar-refractivity contribution is 7.89. The Labute approximate surface area is 229 Å². The number of benzene rings is 1. The van der Waals surface area contributed by atoms with Crippen LogP contribution >= 0.6 is 0 Å². The lowest BCUT2D eigenvalue weighted by atomic mass is 10.1. The second-order valence-corrected chi connectivity index (χ2v) is 12.2. The number of rotatable bonds is 16. The fourth-order valence-electron chi connectivity index (χ4n) is 4.17. The van der Waals surface area contributed by atoms with Crippen LogP contribution < -0.4 is 10.0 Å². The van der Waals surface area contributed by atoms with Crippen LogP contribution in [0.5, 0.6) is 0 Å². The highest BCUT2D eigenvalue weighted by atomic mass is 32.2. The van der Waals surface area contributed by atoms with Gasteiger partial charge in [-0.3, -0.25) is 0 Å². The Morgan fingerprint density at radius 3 is 2.32 bits per heavy atom. The number of urea groups is 1. The monoisotopic (exact) mass is 549 g/mol. The number of aryl methyl sites for hydroxylation is 1. The summed E-state index contributed by atoms with van der Waals surface area (Å²) in [6, 6.07) is 9.20. The van der Waals surface area contributed by atoms with Gasteiger partial charge in [-0.1, -0.05) is 44.2 Å². The van der Waals surface area contributed by atoms with E-state index < -0.39 is 16.1 Å². The van der Waals surface area contributed by atoms with Crippen LogP contribution in [0.2, 0.25) is 0 Å². The second-order valence-electron chi connectivity index (χ2n) is 10.3. The fourth-order valence-corrected chi connectivity index (χ4v) is 5.46. The van der Waals surface area contributed by atoms with Crippen molar-refractivity contribution in [3.63, 3.8) is 0 Å². The van der Waals surface area contributed by atoms with E-state index in [9.17, 15) is 13.2 Å². The van der Waals surface area contributed by atoms with E-state index >= 15 is 0 Å². The molecule has 38 heavy (non-hydrogen) atoms. The molecule has 2 N–H and O–H groups in total. The molecule has 0 unspecified atom stereocenters. The summed E-state index contributed by atoms with van der Waals surface area (Å²) in [6.45, 7) is 14.7. The number of hydrogen-bond donors (Lipinski definition) is 2. The van der Waals surface area contributed by atoms with Crippen molar-refractivity contribution in [1.29, 1.82) is 0 Å². The molecule has 0 saturated carbocycles. The summed E-state index contributed by atoms with van der Waals surface area (Å²) in [5.41, 5.74) is 1.12. The third kappa shape index (κ3) is 10.3. The molecule has 214 valence electrons. The van der Waals surface area contributed by atoms with Crippen molar-refractivity contribution in [2.45, 2.75) is 85.5 Å². The number of nitrogens with one attached hydrogen (secondary N) is 2. The van der Waals surface area contributed by atoms with Crippen LogP contribution in [-0.2, 0) is 23.0 Å². The molecule has 2 rings (SSSR count). The van der Waals surface area contributed by atoms with Crippen molar-refractivity contribution < 1.29 is 13.2 Å². The lowest BCUT2D eigenvalue weighted by Crippen LogP contribution is -2.40. The molecule has 0 aliphatic heterocycles.